The van der Waals surface area contributed by atoms with Crippen LogP contribution < -0.4 is 5.32 Å². The molecule has 1 heterocycles. The van der Waals surface area contributed by atoms with E-state index in [2.05, 4.69) is 5.32 Å². The second-order valence-electron chi connectivity index (χ2n) is 4.76. The molecule has 1 fully saturated rings. The fourth-order valence-corrected chi connectivity index (χ4v) is 2.33. The highest BCUT2D eigenvalue weighted by Gasteiger charge is 2.40. The van der Waals surface area contributed by atoms with Crippen LogP contribution in [0.1, 0.15) is 30.9 Å². The van der Waals surface area contributed by atoms with Crippen LogP contribution in [0.25, 0.3) is 0 Å². The maximum absolute atomic E-state index is 13.0. The van der Waals surface area contributed by atoms with E-state index >= 15 is 0 Å². The van der Waals surface area contributed by atoms with Crippen molar-refractivity contribution in [2.75, 3.05) is 13.2 Å². The van der Waals surface area contributed by atoms with Crippen molar-refractivity contribution in [3.05, 3.63) is 35.9 Å². The van der Waals surface area contributed by atoms with Crippen molar-refractivity contribution in [1.29, 1.82) is 0 Å². The molecule has 0 aliphatic carbocycles. The van der Waals surface area contributed by atoms with Crippen molar-refractivity contribution in [3.8, 4) is 0 Å². The summed E-state index contributed by atoms with van der Waals surface area (Å²) in [6.07, 6.45) is -1.59. The van der Waals surface area contributed by atoms with Gasteiger partial charge in [-0.3, -0.25) is 0 Å². The lowest BCUT2D eigenvalue weighted by atomic mass is 10.1. The molecule has 1 aliphatic rings. The largest absolute Gasteiger partial charge is 0.407 e. The molecule has 0 spiro atoms. The minimum Gasteiger partial charge on any atom is -0.378 e. The highest BCUT2D eigenvalue weighted by atomic mass is 19.4. The van der Waals surface area contributed by atoms with Crippen LogP contribution in [-0.2, 0) is 4.74 Å². The summed E-state index contributed by atoms with van der Waals surface area (Å²) in [5, 5.41) is 2.60. The molecule has 0 aromatic heterocycles. The van der Waals surface area contributed by atoms with E-state index in [9.17, 15) is 13.2 Å². The molecule has 2 unspecified atom stereocenters. The fraction of sp³-hybridized carbons (Fsp3) is 0.571. The molecule has 5 heteroatoms. The molecule has 0 amide bonds. The van der Waals surface area contributed by atoms with E-state index in [1.165, 1.54) is 12.1 Å². The van der Waals surface area contributed by atoms with Gasteiger partial charge in [0.05, 0.1) is 6.10 Å². The van der Waals surface area contributed by atoms with Crippen LogP contribution in [0.2, 0.25) is 0 Å². The Kier molecular flexibility index (Phi) is 4.82. The van der Waals surface area contributed by atoms with Gasteiger partial charge in [0.25, 0.3) is 0 Å². The predicted molar refractivity (Wildman–Crippen MR) is 66.8 cm³/mol. The third-order valence-corrected chi connectivity index (χ3v) is 3.30. The number of ether oxygens (including phenoxy) is 1. The summed E-state index contributed by atoms with van der Waals surface area (Å²) >= 11 is 0. The van der Waals surface area contributed by atoms with Gasteiger partial charge in [-0.25, -0.2) is 0 Å². The summed E-state index contributed by atoms with van der Waals surface area (Å²) in [4.78, 5) is 0. The Hall–Kier alpha value is -1.07. The zero-order valence-electron chi connectivity index (χ0n) is 10.6. The lowest BCUT2D eigenvalue weighted by molar-refractivity contribution is -0.158. The van der Waals surface area contributed by atoms with Crippen LogP contribution >= 0.6 is 0 Å². The number of hydrogen-bond acceptors (Lipinski definition) is 2. The van der Waals surface area contributed by atoms with Gasteiger partial charge in [0.2, 0.25) is 0 Å². The standard InChI is InChI=1S/C14H18F3NO/c15-14(16,17)13(11-5-2-1-3-6-11)18-9-8-12-7-4-10-19-12/h1-3,5-6,12-13,18H,4,7-10H2. The first-order chi connectivity index (χ1) is 9.07. The molecule has 0 radical (unpaired) electrons. The van der Waals surface area contributed by atoms with Crippen molar-refractivity contribution < 1.29 is 17.9 Å². The molecule has 2 atom stereocenters. The lowest BCUT2D eigenvalue weighted by Gasteiger charge is -2.22. The van der Waals surface area contributed by atoms with Crippen LogP contribution in [0.15, 0.2) is 30.3 Å². The summed E-state index contributed by atoms with van der Waals surface area (Å²) in [7, 11) is 0. The lowest BCUT2D eigenvalue weighted by Crippen LogP contribution is -2.35. The quantitative estimate of drug-likeness (QED) is 0.887. The first-order valence-electron chi connectivity index (χ1n) is 6.54. The number of hydrogen-bond donors (Lipinski definition) is 1. The average molecular weight is 273 g/mol. The molecule has 1 saturated heterocycles. The van der Waals surface area contributed by atoms with E-state index in [0.717, 1.165) is 19.4 Å². The van der Waals surface area contributed by atoms with Crippen molar-refractivity contribution >= 4 is 0 Å². The van der Waals surface area contributed by atoms with Crippen LogP contribution in [0.4, 0.5) is 13.2 Å². The van der Waals surface area contributed by atoms with Gasteiger partial charge in [-0.1, -0.05) is 30.3 Å². The highest BCUT2D eigenvalue weighted by molar-refractivity contribution is 5.20. The van der Waals surface area contributed by atoms with Gasteiger partial charge in [0, 0.05) is 6.61 Å². The zero-order chi connectivity index (χ0) is 13.7. The first kappa shape index (κ1) is 14.3. The Balaban J connectivity index is 1.91. The number of benzene rings is 1. The highest BCUT2D eigenvalue weighted by Crippen LogP contribution is 2.32. The summed E-state index contributed by atoms with van der Waals surface area (Å²) < 4.78 is 44.4. The molecule has 2 rings (SSSR count). The number of rotatable bonds is 5. The molecule has 106 valence electrons. The maximum atomic E-state index is 13.0. The molecule has 19 heavy (non-hydrogen) atoms. The Bertz CT molecular complexity index is 374. The van der Waals surface area contributed by atoms with Crippen molar-refractivity contribution in [3.63, 3.8) is 0 Å². The van der Waals surface area contributed by atoms with E-state index in [1.54, 1.807) is 18.2 Å². The molecular weight excluding hydrogens is 255 g/mol. The molecule has 1 aromatic rings. The fourth-order valence-electron chi connectivity index (χ4n) is 2.33. The second-order valence-corrected chi connectivity index (χ2v) is 4.76. The SMILES string of the molecule is FC(F)(F)C(NCCC1CCCO1)c1ccccc1. The van der Waals surface area contributed by atoms with Gasteiger partial charge in [0.1, 0.15) is 6.04 Å². The van der Waals surface area contributed by atoms with Gasteiger partial charge < -0.3 is 10.1 Å². The Morgan fingerprint density at radius 1 is 1.26 bits per heavy atom. The summed E-state index contributed by atoms with van der Waals surface area (Å²) in [5.74, 6) is 0. The third kappa shape index (κ3) is 4.21. The topological polar surface area (TPSA) is 21.3 Å². The monoisotopic (exact) mass is 273 g/mol. The molecular formula is C14H18F3NO. The normalized spacial score (nSPS) is 21.5. The van der Waals surface area contributed by atoms with Gasteiger partial charge in [-0.15, -0.1) is 0 Å². The van der Waals surface area contributed by atoms with Crippen LogP contribution in [-0.4, -0.2) is 25.4 Å². The van der Waals surface area contributed by atoms with Crippen LogP contribution in [0.3, 0.4) is 0 Å². The Morgan fingerprint density at radius 3 is 2.58 bits per heavy atom. The maximum Gasteiger partial charge on any atom is 0.407 e. The Labute approximate surface area is 111 Å². The van der Waals surface area contributed by atoms with Gasteiger partial charge in [-0.2, -0.15) is 13.2 Å². The number of nitrogens with one attached hydrogen (secondary N) is 1. The molecule has 2 nitrogen and oxygen atoms in total. The van der Waals surface area contributed by atoms with E-state index in [1.807, 2.05) is 0 Å². The number of halogens is 3. The van der Waals surface area contributed by atoms with Gasteiger partial charge in [-0.05, 0) is 31.4 Å². The summed E-state index contributed by atoms with van der Waals surface area (Å²) in [6, 6.07) is 6.35. The average Bonchev–Trinajstić information content (AvgIpc) is 2.87. The Morgan fingerprint density at radius 2 is 2.00 bits per heavy atom. The number of alkyl halides is 3. The van der Waals surface area contributed by atoms with E-state index in [0.29, 0.717) is 13.0 Å². The minimum atomic E-state index is -4.28. The van der Waals surface area contributed by atoms with Crippen molar-refractivity contribution in [2.45, 2.75) is 37.6 Å². The first-order valence-corrected chi connectivity index (χ1v) is 6.54. The molecule has 1 N–H and O–H groups in total. The van der Waals surface area contributed by atoms with Crippen molar-refractivity contribution in [2.24, 2.45) is 0 Å². The van der Waals surface area contributed by atoms with Gasteiger partial charge >= 0.3 is 6.18 Å². The third-order valence-electron chi connectivity index (χ3n) is 3.30. The van der Waals surface area contributed by atoms with E-state index < -0.39 is 12.2 Å². The van der Waals surface area contributed by atoms with E-state index in [-0.39, 0.29) is 11.7 Å². The van der Waals surface area contributed by atoms with Crippen molar-refractivity contribution in [1.82, 2.24) is 5.32 Å². The molecule has 1 aliphatic heterocycles. The molecule has 0 saturated carbocycles. The van der Waals surface area contributed by atoms with Crippen LogP contribution in [0, 0.1) is 0 Å². The molecule has 0 bridgehead atoms. The smallest absolute Gasteiger partial charge is 0.378 e. The second kappa shape index (κ2) is 6.39. The summed E-state index contributed by atoms with van der Waals surface area (Å²) in [6.45, 7) is 1.04. The van der Waals surface area contributed by atoms with E-state index in [4.69, 9.17) is 4.74 Å². The van der Waals surface area contributed by atoms with Gasteiger partial charge in [0.15, 0.2) is 0 Å². The van der Waals surface area contributed by atoms with Crippen LogP contribution in [0.5, 0.6) is 0 Å². The minimum absolute atomic E-state index is 0.108. The predicted octanol–water partition coefficient (Wildman–Crippen LogP) is 3.45. The zero-order valence-corrected chi connectivity index (χ0v) is 10.6. The molecule has 1 aromatic carbocycles. The summed E-state index contributed by atoms with van der Waals surface area (Å²) in [5.41, 5.74) is 0.252.